The molecule has 0 bridgehead atoms. The van der Waals surface area contributed by atoms with Crippen LogP contribution in [0.5, 0.6) is 5.75 Å². The van der Waals surface area contributed by atoms with Gasteiger partial charge in [-0.1, -0.05) is 13.8 Å². The molecule has 0 saturated heterocycles. The minimum atomic E-state index is -0.554. The van der Waals surface area contributed by atoms with Crippen molar-refractivity contribution in [1.29, 1.82) is 0 Å². The number of ether oxygens (including phenoxy) is 1. The standard InChI is InChI=1S/C12H8BrFN2O2S.C2H6/c13-6-3-5-8(4-7(6)14)18-2-1-9-10(5)16-12(19-9)11(15)17;1-2/h3-4H,1-2H2,(H2,15,17);1-2H3. The van der Waals surface area contributed by atoms with Crippen LogP contribution in [0.15, 0.2) is 16.6 Å². The number of hydrogen-bond acceptors (Lipinski definition) is 4. The lowest BCUT2D eigenvalue weighted by Gasteiger charge is -2.07. The van der Waals surface area contributed by atoms with Crippen LogP contribution in [0.1, 0.15) is 28.5 Å². The molecule has 1 amide bonds. The van der Waals surface area contributed by atoms with Crippen LogP contribution >= 0.6 is 27.3 Å². The SMILES string of the molecule is CC.NC(=O)c1nc2c(s1)CCOc1cc(F)c(Br)cc1-2. The van der Waals surface area contributed by atoms with E-state index >= 15 is 0 Å². The number of nitrogens with zero attached hydrogens (tertiary/aromatic N) is 1. The fraction of sp³-hybridized carbons (Fsp3) is 0.286. The van der Waals surface area contributed by atoms with Gasteiger partial charge in [-0.15, -0.1) is 11.3 Å². The smallest absolute Gasteiger partial charge is 0.277 e. The second-order valence-electron chi connectivity index (χ2n) is 4.02. The minimum absolute atomic E-state index is 0.262. The van der Waals surface area contributed by atoms with Gasteiger partial charge in [0.2, 0.25) is 0 Å². The molecule has 1 aliphatic heterocycles. The second-order valence-corrected chi connectivity index (χ2v) is 5.95. The molecule has 1 aromatic carbocycles. The van der Waals surface area contributed by atoms with Gasteiger partial charge >= 0.3 is 0 Å². The lowest BCUT2D eigenvalue weighted by molar-refractivity contribution is 0.1000. The van der Waals surface area contributed by atoms with Crippen LogP contribution in [-0.4, -0.2) is 17.5 Å². The van der Waals surface area contributed by atoms with E-state index in [9.17, 15) is 9.18 Å². The van der Waals surface area contributed by atoms with E-state index in [1.807, 2.05) is 13.8 Å². The minimum Gasteiger partial charge on any atom is -0.492 e. The largest absolute Gasteiger partial charge is 0.492 e. The molecule has 1 aromatic heterocycles. The van der Waals surface area contributed by atoms with Gasteiger partial charge in [0.05, 0.1) is 16.8 Å². The first kappa shape index (κ1) is 15.9. The van der Waals surface area contributed by atoms with E-state index in [4.69, 9.17) is 10.5 Å². The van der Waals surface area contributed by atoms with Gasteiger partial charge in [-0.05, 0) is 22.0 Å². The topological polar surface area (TPSA) is 65.2 Å². The molecule has 1 aliphatic rings. The predicted octanol–water partition coefficient (Wildman–Crippen LogP) is 3.77. The Kier molecular flexibility index (Phi) is 4.95. The number of amides is 1. The zero-order valence-electron chi connectivity index (χ0n) is 11.6. The van der Waals surface area contributed by atoms with Crippen LogP contribution in [0.3, 0.4) is 0 Å². The average molecular weight is 373 g/mol. The molecule has 0 aliphatic carbocycles. The van der Waals surface area contributed by atoms with Crippen molar-refractivity contribution < 1.29 is 13.9 Å². The van der Waals surface area contributed by atoms with Crippen molar-refractivity contribution in [1.82, 2.24) is 4.98 Å². The van der Waals surface area contributed by atoms with Crippen molar-refractivity contribution in [3.05, 3.63) is 32.3 Å². The lowest BCUT2D eigenvalue weighted by Crippen LogP contribution is -2.10. The molecule has 4 nitrogen and oxygen atoms in total. The molecule has 2 N–H and O–H groups in total. The predicted molar refractivity (Wildman–Crippen MR) is 84.3 cm³/mol. The maximum atomic E-state index is 13.5. The third kappa shape index (κ3) is 3.08. The first-order valence-corrected chi connectivity index (χ1v) is 8.09. The Labute approximate surface area is 134 Å². The van der Waals surface area contributed by atoms with E-state index < -0.39 is 11.7 Å². The van der Waals surface area contributed by atoms with Crippen molar-refractivity contribution in [2.45, 2.75) is 20.3 Å². The van der Waals surface area contributed by atoms with Crippen molar-refractivity contribution in [2.24, 2.45) is 5.73 Å². The molecule has 21 heavy (non-hydrogen) atoms. The molecular formula is C14H14BrFN2O2S. The number of nitrogens with two attached hydrogens (primary N) is 1. The highest BCUT2D eigenvalue weighted by Gasteiger charge is 2.23. The number of fused-ring (bicyclic) bond motifs is 3. The summed E-state index contributed by atoms with van der Waals surface area (Å²) in [4.78, 5) is 16.4. The monoisotopic (exact) mass is 372 g/mol. The van der Waals surface area contributed by atoms with Crippen LogP contribution in [0.4, 0.5) is 4.39 Å². The number of carbonyl (C=O) groups excluding carboxylic acids is 1. The molecule has 3 rings (SSSR count). The van der Waals surface area contributed by atoms with Crippen molar-refractivity contribution >= 4 is 33.2 Å². The summed E-state index contributed by atoms with van der Waals surface area (Å²) in [6.45, 7) is 4.42. The number of primary amides is 1. The van der Waals surface area contributed by atoms with Crippen molar-refractivity contribution in [3.8, 4) is 17.0 Å². The molecule has 0 radical (unpaired) electrons. The first-order chi connectivity index (χ1) is 10.1. The Morgan fingerprint density at radius 2 is 2.19 bits per heavy atom. The number of hydrogen-bond donors (Lipinski definition) is 1. The fourth-order valence-electron chi connectivity index (χ4n) is 1.92. The number of benzene rings is 1. The van der Waals surface area contributed by atoms with E-state index in [0.29, 0.717) is 34.5 Å². The van der Waals surface area contributed by atoms with Gasteiger partial charge in [0.25, 0.3) is 5.91 Å². The highest BCUT2D eigenvalue weighted by atomic mass is 79.9. The van der Waals surface area contributed by atoms with E-state index in [1.165, 1.54) is 17.4 Å². The van der Waals surface area contributed by atoms with Gasteiger partial charge in [0.15, 0.2) is 5.01 Å². The quantitative estimate of drug-likeness (QED) is 0.828. The summed E-state index contributed by atoms with van der Waals surface area (Å²) in [5.41, 5.74) is 6.56. The van der Waals surface area contributed by atoms with Crippen LogP contribution < -0.4 is 10.5 Å². The molecule has 0 atom stereocenters. The Hall–Kier alpha value is -1.47. The summed E-state index contributed by atoms with van der Waals surface area (Å²) in [5.74, 6) is -0.518. The molecule has 0 spiro atoms. The third-order valence-electron chi connectivity index (χ3n) is 2.77. The van der Waals surface area contributed by atoms with Gasteiger partial charge < -0.3 is 10.5 Å². The molecule has 112 valence electrons. The summed E-state index contributed by atoms with van der Waals surface area (Å²) in [6.07, 6.45) is 0.619. The zero-order chi connectivity index (χ0) is 15.6. The molecule has 7 heteroatoms. The Morgan fingerprint density at radius 3 is 2.86 bits per heavy atom. The van der Waals surface area contributed by atoms with E-state index in [1.54, 1.807) is 6.07 Å². The lowest BCUT2D eigenvalue weighted by atomic mass is 10.1. The maximum absolute atomic E-state index is 13.5. The number of rotatable bonds is 1. The maximum Gasteiger partial charge on any atom is 0.277 e. The summed E-state index contributed by atoms with van der Waals surface area (Å²) in [5, 5.41) is 0.262. The van der Waals surface area contributed by atoms with Gasteiger partial charge in [-0.25, -0.2) is 9.37 Å². The summed E-state index contributed by atoms with van der Waals surface area (Å²) >= 11 is 4.40. The zero-order valence-corrected chi connectivity index (χ0v) is 14.0. The van der Waals surface area contributed by atoms with Gasteiger partial charge in [-0.3, -0.25) is 4.79 Å². The normalized spacial score (nSPS) is 12.2. The highest BCUT2D eigenvalue weighted by Crippen LogP contribution is 2.39. The highest BCUT2D eigenvalue weighted by molar-refractivity contribution is 9.10. The number of halogens is 2. The van der Waals surface area contributed by atoms with Crippen LogP contribution in [0.25, 0.3) is 11.3 Å². The van der Waals surface area contributed by atoms with E-state index in [0.717, 1.165) is 4.88 Å². The summed E-state index contributed by atoms with van der Waals surface area (Å²) < 4.78 is 19.4. The number of thiazole rings is 1. The Balaban J connectivity index is 0.000000774. The molecular weight excluding hydrogens is 359 g/mol. The number of aromatic nitrogens is 1. The van der Waals surface area contributed by atoms with Crippen molar-refractivity contribution in [2.75, 3.05) is 6.61 Å². The van der Waals surface area contributed by atoms with Gasteiger partial charge in [0.1, 0.15) is 11.6 Å². The summed E-state index contributed by atoms with van der Waals surface area (Å²) in [7, 11) is 0. The molecule has 0 fully saturated rings. The van der Waals surface area contributed by atoms with Crippen LogP contribution in [0, 0.1) is 5.82 Å². The Morgan fingerprint density at radius 1 is 1.48 bits per heavy atom. The third-order valence-corrected chi connectivity index (χ3v) is 4.51. The first-order valence-electron chi connectivity index (χ1n) is 6.48. The van der Waals surface area contributed by atoms with E-state index in [-0.39, 0.29) is 5.01 Å². The van der Waals surface area contributed by atoms with Gasteiger partial charge in [0, 0.05) is 22.9 Å². The van der Waals surface area contributed by atoms with E-state index in [2.05, 4.69) is 20.9 Å². The fourth-order valence-corrected chi connectivity index (χ4v) is 3.18. The van der Waals surface area contributed by atoms with Crippen LogP contribution in [-0.2, 0) is 6.42 Å². The molecule has 2 heterocycles. The molecule has 0 unspecified atom stereocenters. The molecule has 0 saturated carbocycles. The number of carbonyl (C=O) groups is 1. The van der Waals surface area contributed by atoms with Crippen molar-refractivity contribution in [3.63, 3.8) is 0 Å². The second kappa shape index (κ2) is 6.53. The van der Waals surface area contributed by atoms with Gasteiger partial charge in [-0.2, -0.15) is 0 Å². The average Bonchev–Trinajstić information content (AvgIpc) is 2.82. The Bertz CT molecular complexity index is 688. The molecule has 2 aromatic rings. The van der Waals surface area contributed by atoms with Crippen LogP contribution in [0.2, 0.25) is 0 Å². The summed E-state index contributed by atoms with van der Waals surface area (Å²) in [6, 6.07) is 2.93.